The molecule has 2 aromatic carbocycles. The van der Waals surface area contributed by atoms with Crippen LogP contribution in [-0.4, -0.2) is 43.1 Å². The molecule has 1 aromatic heterocycles. The number of hydrogen-bond acceptors (Lipinski definition) is 5. The lowest BCUT2D eigenvalue weighted by atomic mass is 10.0. The van der Waals surface area contributed by atoms with Gasteiger partial charge in [-0.05, 0) is 65.9 Å². The van der Waals surface area contributed by atoms with Gasteiger partial charge in [0.15, 0.2) is 0 Å². The summed E-state index contributed by atoms with van der Waals surface area (Å²) in [4.78, 5) is 19.7. The van der Waals surface area contributed by atoms with Crippen LogP contribution in [0.4, 0.5) is 5.69 Å². The van der Waals surface area contributed by atoms with Crippen molar-refractivity contribution in [2.24, 2.45) is 7.05 Å². The van der Waals surface area contributed by atoms with Crippen LogP contribution in [0.5, 0.6) is 5.75 Å². The van der Waals surface area contributed by atoms with E-state index >= 15 is 0 Å². The van der Waals surface area contributed by atoms with E-state index in [2.05, 4.69) is 50.3 Å². The molecule has 2 atom stereocenters. The Labute approximate surface area is 221 Å². The minimum atomic E-state index is -1.60. The van der Waals surface area contributed by atoms with Crippen molar-refractivity contribution in [3.05, 3.63) is 65.5 Å². The topological polar surface area (TPSA) is 68.6 Å². The molecular formula is C29H40N4O3Si. The monoisotopic (exact) mass is 520 g/mol. The predicted octanol–water partition coefficient (Wildman–Crippen LogP) is 6.06. The Bertz CT molecular complexity index is 1290. The SMILES string of the molecule is COc1cc(-c2cnn(C)c2)cc([C@@H](C)NC(=O)c2cc(N3CC([Si](C)(C)C(C)(C)C)O3)ccc2C)c1. The van der Waals surface area contributed by atoms with Gasteiger partial charge < -0.3 is 10.1 Å². The van der Waals surface area contributed by atoms with Gasteiger partial charge in [0.25, 0.3) is 5.91 Å². The van der Waals surface area contributed by atoms with Crippen molar-refractivity contribution in [3.8, 4) is 16.9 Å². The third kappa shape index (κ3) is 5.45. The molecule has 8 heteroatoms. The van der Waals surface area contributed by atoms with Crippen LogP contribution in [0.25, 0.3) is 11.1 Å². The number of benzene rings is 2. The average Bonchev–Trinajstić information content (AvgIpc) is 3.24. The molecule has 0 radical (unpaired) electrons. The highest BCUT2D eigenvalue weighted by molar-refractivity contribution is 6.81. The van der Waals surface area contributed by atoms with E-state index in [0.29, 0.717) is 5.56 Å². The number of anilines is 1. The lowest BCUT2D eigenvalue weighted by molar-refractivity contribution is -0.0147. The molecule has 1 N–H and O–H groups in total. The van der Waals surface area contributed by atoms with E-state index in [4.69, 9.17) is 9.57 Å². The van der Waals surface area contributed by atoms with Crippen molar-refractivity contribution >= 4 is 19.7 Å². The molecular weight excluding hydrogens is 480 g/mol. The van der Waals surface area contributed by atoms with Gasteiger partial charge in [-0.15, -0.1) is 0 Å². The maximum absolute atomic E-state index is 13.4. The average molecular weight is 521 g/mol. The summed E-state index contributed by atoms with van der Waals surface area (Å²) in [5.74, 6) is 0.626. The maximum atomic E-state index is 13.4. The predicted molar refractivity (Wildman–Crippen MR) is 152 cm³/mol. The van der Waals surface area contributed by atoms with Gasteiger partial charge in [-0.3, -0.25) is 19.4 Å². The van der Waals surface area contributed by atoms with Crippen LogP contribution >= 0.6 is 0 Å². The molecule has 7 nitrogen and oxygen atoms in total. The van der Waals surface area contributed by atoms with Gasteiger partial charge in [-0.2, -0.15) is 5.10 Å². The molecule has 1 fully saturated rings. The number of hydrogen-bond donors (Lipinski definition) is 1. The molecule has 198 valence electrons. The molecule has 37 heavy (non-hydrogen) atoms. The fraction of sp³-hybridized carbons (Fsp3) is 0.448. The fourth-order valence-electron chi connectivity index (χ4n) is 4.40. The molecule has 1 aliphatic rings. The minimum Gasteiger partial charge on any atom is -0.497 e. The summed E-state index contributed by atoms with van der Waals surface area (Å²) in [6.45, 7) is 16.5. The Morgan fingerprint density at radius 1 is 1.19 bits per heavy atom. The van der Waals surface area contributed by atoms with E-state index in [-0.39, 0.29) is 22.7 Å². The van der Waals surface area contributed by atoms with Crippen LogP contribution < -0.4 is 15.1 Å². The number of amides is 1. The van der Waals surface area contributed by atoms with Gasteiger partial charge in [0.05, 0.1) is 45.4 Å². The van der Waals surface area contributed by atoms with Crippen LogP contribution in [0.1, 0.15) is 55.2 Å². The summed E-state index contributed by atoms with van der Waals surface area (Å²) >= 11 is 0. The van der Waals surface area contributed by atoms with E-state index < -0.39 is 8.07 Å². The summed E-state index contributed by atoms with van der Waals surface area (Å²) in [7, 11) is 1.95. The van der Waals surface area contributed by atoms with Crippen molar-refractivity contribution in [2.75, 3.05) is 18.7 Å². The molecule has 0 bridgehead atoms. The zero-order chi connectivity index (χ0) is 27.1. The van der Waals surface area contributed by atoms with E-state index in [1.807, 2.05) is 68.7 Å². The molecule has 4 rings (SSSR count). The van der Waals surface area contributed by atoms with E-state index in [0.717, 1.165) is 40.2 Å². The molecule has 0 aliphatic carbocycles. The Kier molecular flexibility index (Phi) is 7.27. The van der Waals surface area contributed by atoms with Gasteiger partial charge in [-0.1, -0.05) is 39.9 Å². The Morgan fingerprint density at radius 3 is 2.49 bits per heavy atom. The molecule has 1 saturated heterocycles. The lowest BCUT2D eigenvalue weighted by Crippen LogP contribution is -2.64. The van der Waals surface area contributed by atoms with Gasteiger partial charge in [0.1, 0.15) is 5.75 Å². The Hall–Kier alpha value is -3.10. The third-order valence-corrected chi connectivity index (χ3v) is 13.9. The molecule has 2 heterocycles. The van der Waals surface area contributed by atoms with E-state index in [1.54, 1.807) is 11.8 Å². The van der Waals surface area contributed by atoms with Crippen LogP contribution in [0, 0.1) is 6.92 Å². The first-order valence-electron chi connectivity index (χ1n) is 12.8. The summed E-state index contributed by atoms with van der Waals surface area (Å²) in [6, 6.07) is 11.7. The number of carbonyl (C=O) groups excluding carboxylic acids is 1. The fourth-order valence-corrected chi connectivity index (χ4v) is 6.38. The Balaban J connectivity index is 1.50. The van der Waals surface area contributed by atoms with Crippen LogP contribution in [0.15, 0.2) is 48.8 Å². The van der Waals surface area contributed by atoms with Crippen molar-refractivity contribution in [1.29, 1.82) is 0 Å². The molecule has 0 spiro atoms. The van der Waals surface area contributed by atoms with Gasteiger partial charge in [0, 0.05) is 24.4 Å². The molecule has 3 aromatic rings. The van der Waals surface area contributed by atoms with Gasteiger partial charge >= 0.3 is 0 Å². The third-order valence-electron chi connectivity index (χ3n) is 8.13. The second-order valence-electron chi connectivity index (χ2n) is 11.7. The van der Waals surface area contributed by atoms with Gasteiger partial charge in [-0.25, -0.2) is 0 Å². The number of nitrogens with one attached hydrogen (secondary N) is 1. The zero-order valence-electron chi connectivity index (χ0n) is 23.5. The maximum Gasteiger partial charge on any atom is 0.252 e. The molecule has 1 aliphatic heterocycles. The van der Waals surface area contributed by atoms with E-state index in [1.165, 1.54) is 0 Å². The van der Waals surface area contributed by atoms with Crippen molar-refractivity contribution in [1.82, 2.24) is 15.1 Å². The highest BCUT2D eigenvalue weighted by Gasteiger charge is 2.49. The number of aryl methyl sites for hydroxylation is 2. The van der Waals surface area contributed by atoms with Gasteiger partial charge in [0.2, 0.25) is 0 Å². The number of methoxy groups -OCH3 is 1. The first kappa shape index (κ1) is 26.9. The standard InChI is InChI=1S/C29H40N4O3Si/c1-19-10-11-24(33-18-27(36-33)37(8,9)29(3,4)5)15-26(19)28(34)31-20(2)21-12-22(14-25(13-21)35-7)23-16-30-32(6)17-23/h10-17,20,27H,18H2,1-9H3,(H,31,34)/t20-,27?/m1/s1. The normalized spacial score (nSPS) is 16.8. The highest BCUT2D eigenvalue weighted by Crippen LogP contribution is 2.43. The number of nitrogens with zero attached hydrogens (tertiary/aromatic N) is 3. The second-order valence-corrected chi connectivity index (χ2v) is 17.3. The minimum absolute atomic E-state index is 0.112. The highest BCUT2D eigenvalue weighted by atomic mass is 28.3. The van der Waals surface area contributed by atoms with Crippen LogP contribution in [0.2, 0.25) is 18.1 Å². The quantitative estimate of drug-likeness (QED) is 0.383. The summed E-state index contributed by atoms with van der Waals surface area (Å²) < 4.78 is 7.31. The molecule has 1 amide bonds. The largest absolute Gasteiger partial charge is 0.497 e. The summed E-state index contributed by atoms with van der Waals surface area (Å²) in [6.07, 6.45) is 3.79. The van der Waals surface area contributed by atoms with Crippen molar-refractivity contribution in [3.63, 3.8) is 0 Å². The number of aromatic nitrogens is 2. The van der Waals surface area contributed by atoms with Crippen LogP contribution in [0.3, 0.4) is 0 Å². The lowest BCUT2D eigenvalue weighted by Gasteiger charge is -2.51. The van der Waals surface area contributed by atoms with Crippen molar-refractivity contribution < 1.29 is 14.4 Å². The first-order chi connectivity index (χ1) is 17.3. The summed E-state index contributed by atoms with van der Waals surface area (Å²) in [5.41, 5.74) is 5.72. The Morgan fingerprint density at radius 2 is 1.89 bits per heavy atom. The molecule has 1 unspecified atom stereocenters. The first-order valence-corrected chi connectivity index (χ1v) is 15.9. The van der Waals surface area contributed by atoms with Crippen molar-refractivity contribution in [2.45, 2.75) is 64.5 Å². The number of ether oxygens (including phenoxy) is 1. The smallest absolute Gasteiger partial charge is 0.252 e. The number of rotatable bonds is 7. The summed E-state index contributed by atoms with van der Waals surface area (Å²) in [5, 5.41) is 9.64. The number of hydroxylamine groups is 1. The number of carbonyl (C=O) groups is 1. The van der Waals surface area contributed by atoms with E-state index in [9.17, 15) is 4.79 Å². The van der Waals surface area contributed by atoms with Crippen LogP contribution in [-0.2, 0) is 11.9 Å². The molecule has 0 saturated carbocycles. The second kappa shape index (κ2) is 9.98. The zero-order valence-corrected chi connectivity index (χ0v) is 24.5.